The number of carbonyl (C=O) groups excluding carboxylic acids is 1. The fraction of sp³-hybridized carbons (Fsp3) is 0.692. The molecule has 0 bridgehead atoms. The third-order valence-corrected chi connectivity index (χ3v) is 2.95. The molecule has 1 N–H and O–H groups in total. The molecule has 4 nitrogen and oxygen atoms in total. The lowest BCUT2D eigenvalue weighted by Crippen LogP contribution is -2.36. The fourth-order valence-electron chi connectivity index (χ4n) is 1.93. The summed E-state index contributed by atoms with van der Waals surface area (Å²) >= 11 is 0. The number of nitrogens with zero attached hydrogens (tertiary/aromatic N) is 2. The summed E-state index contributed by atoms with van der Waals surface area (Å²) in [6.07, 6.45) is 7.24. The molecule has 0 fully saturated rings. The number of rotatable bonds is 6. The molecule has 0 spiro atoms. The van der Waals surface area contributed by atoms with Gasteiger partial charge in [0.2, 0.25) is 5.91 Å². The van der Waals surface area contributed by atoms with Crippen LogP contribution in [0.4, 0.5) is 0 Å². The minimum atomic E-state index is 0.0785. The summed E-state index contributed by atoms with van der Waals surface area (Å²) in [6, 6.07) is 0.514. The van der Waals surface area contributed by atoms with Crippen molar-refractivity contribution >= 4 is 5.91 Å². The Morgan fingerprint density at radius 3 is 2.59 bits per heavy atom. The van der Waals surface area contributed by atoms with Gasteiger partial charge in [0, 0.05) is 30.4 Å². The average molecular weight is 237 g/mol. The van der Waals surface area contributed by atoms with Crippen molar-refractivity contribution in [2.24, 2.45) is 5.92 Å². The predicted molar refractivity (Wildman–Crippen MR) is 68.6 cm³/mol. The summed E-state index contributed by atoms with van der Waals surface area (Å²) in [7, 11) is 0. The van der Waals surface area contributed by atoms with E-state index in [1.54, 1.807) is 12.5 Å². The fourth-order valence-corrected chi connectivity index (χ4v) is 1.93. The largest absolute Gasteiger partial charge is 0.354 e. The van der Waals surface area contributed by atoms with Gasteiger partial charge >= 0.3 is 0 Å². The predicted octanol–water partition coefficient (Wildman–Crippen LogP) is 2.39. The monoisotopic (exact) mass is 237 g/mol. The van der Waals surface area contributed by atoms with Crippen molar-refractivity contribution in [1.29, 1.82) is 0 Å². The van der Waals surface area contributed by atoms with Gasteiger partial charge in [0.05, 0.1) is 6.33 Å². The van der Waals surface area contributed by atoms with Crippen LogP contribution in [0, 0.1) is 5.92 Å². The Morgan fingerprint density at radius 1 is 1.41 bits per heavy atom. The summed E-state index contributed by atoms with van der Waals surface area (Å²) in [5.74, 6) is 0.240. The molecule has 1 aromatic rings. The molecule has 0 radical (unpaired) electrons. The van der Waals surface area contributed by atoms with Crippen molar-refractivity contribution in [2.75, 3.05) is 0 Å². The van der Waals surface area contributed by atoms with Crippen LogP contribution in [0.5, 0.6) is 0 Å². The summed E-state index contributed by atoms with van der Waals surface area (Å²) < 4.78 is 2.05. The molecule has 0 aromatic carbocycles. The normalized spacial score (nSPS) is 14.6. The van der Waals surface area contributed by atoms with Crippen molar-refractivity contribution < 1.29 is 4.79 Å². The summed E-state index contributed by atoms with van der Waals surface area (Å²) in [5, 5.41) is 2.98. The number of amides is 1. The van der Waals surface area contributed by atoms with Gasteiger partial charge in [-0.1, -0.05) is 6.92 Å². The molecule has 1 amide bonds. The minimum absolute atomic E-state index is 0.0785. The van der Waals surface area contributed by atoms with Gasteiger partial charge in [-0.25, -0.2) is 4.98 Å². The van der Waals surface area contributed by atoms with Crippen molar-refractivity contribution in [1.82, 2.24) is 14.9 Å². The number of hydrogen-bond acceptors (Lipinski definition) is 2. The molecule has 17 heavy (non-hydrogen) atoms. The molecule has 0 aliphatic heterocycles. The average Bonchev–Trinajstić information content (AvgIpc) is 2.77. The second kappa shape index (κ2) is 6.42. The maximum atomic E-state index is 12.0. The summed E-state index contributed by atoms with van der Waals surface area (Å²) in [4.78, 5) is 16.0. The molecule has 2 atom stereocenters. The topological polar surface area (TPSA) is 46.9 Å². The zero-order valence-corrected chi connectivity index (χ0v) is 11.2. The van der Waals surface area contributed by atoms with Crippen LogP contribution >= 0.6 is 0 Å². The number of nitrogens with one attached hydrogen (secondary N) is 1. The van der Waals surface area contributed by atoms with E-state index in [1.807, 2.05) is 24.6 Å². The third kappa shape index (κ3) is 4.21. The highest BCUT2D eigenvalue weighted by Gasteiger charge is 2.20. The second-order valence-electron chi connectivity index (χ2n) is 4.86. The van der Waals surface area contributed by atoms with Crippen LogP contribution in [0.3, 0.4) is 0 Å². The molecular weight excluding hydrogens is 214 g/mol. The first-order chi connectivity index (χ1) is 8.04. The lowest BCUT2D eigenvalue weighted by atomic mass is 9.96. The molecule has 0 saturated heterocycles. The highest BCUT2D eigenvalue weighted by molar-refractivity contribution is 5.78. The molecular formula is C13H23N3O. The SMILES string of the molecule is CCC(CC(C)n1ccnc1)C(=O)NC(C)C. The van der Waals surface area contributed by atoms with E-state index in [0.717, 1.165) is 12.8 Å². The third-order valence-electron chi connectivity index (χ3n) is 2.95. The molecule has 1 heterocycles. The van der Waals surface area contributed by atoms with Crippen LogP contribution in [-0.4, -0.2) is 21.5 Å². The van der Waals surface area contributed by atoms with Gasteiger partial charge in [0.15, 0.2) is 0 Å². The number of carbonyl (C=O) groups is 1. The Balaban J connectivity index is 2.54. The summed E-state index contributed by atoms with van der Waals surface area (Å²) in [6.45, 7) is 8.16. The van der Waals surface area contributed by atoms with Gasteiger partial charge in [0.25, 0.3) is 0 Å². The molecule has 2 unspecified atom stereocenters. The van der Waals surface area contributed by atoms with E-state index in [9.17, 15) is 4.79 Å². The Kier molecular flexibility index (Phi) is 5.19. The van der Waals surface area contributed by atoms with E-state index < -0.39 is 0 Å². The quantitative estimate of drug-likeness (QED) is 0.825. The smallest absolute Gasteiger partial charge is 0.223 e. The van der Waals surface area contributed by atoms with Crippen LogP contribution in [-0.2, 0) is 4.79 Å². The van der Waals surface area contributed by atoms with Crippen molar-refractivity contribution in [3.05, 3.63) is 18.7 Å². The van der Waals surface area contributed by atoms with E-state index in [1.165, 1.54) is 0 Å². The van der Waals surface area contributed by atoms with E-state index in [2.05, 4.69) is 24.1 Å². The van der Waals surface area contributed by atoms with Crippen LogP contribution in [0.25, 0.3) is 0 Å². The first kappa shape index (κ1) is 13.7. The van der Waals surface area contributed by atoms with Crippen molar-refractivity contribution in [2.45, 2.75) is 52.6 Å². The van der Waals surface area contributed by atoms with Crippen LogP contribution < -0.4 is 5.32 Å². The number of hydrogen-bond donors (Lipinski definition) is 1. The second-order valence-corrected chi connectivity index (χ2v) is 4.86. The van der Waals surface area contributed by atoms with Gasteiger partial charge in [0.1, 0.15) is 0 Å². The minimum Gasteiger partial charge on any atom is -0.354 e. The van der Waals surface area contributed by atoms with E-state index >= 15 is 0 Å². The van der Waals surface area contributed by atoms with Crippen molar-refractivity contribution in [3.8, 4) is 0 Å². The standard InChI is InChI=1S/C13H23N3O/c1-5-12(13(17)15-10(2)3)8-11(4)16-7-6-14-9-16/h6-7,9-12H,5,8H2,1-4H3,(H,15,17). The Bertz CT molecular complexity index is 332. The summed E-state index contributed by atoms with van der Waals surface area (Å²) in [5.41, 5.74) is 0. The van der Waals surface area contributed by atoms with Gasteiger partial charge in [-0.3, -0.25) is 4.79 Å². The molecule has 0 aliphatic rings. The first-order valence-electron chi connectivity index (χ1n) is 6.32. The maximum Gasteiger partial charge on any atom is 0.223 e. The molecule has 1 aromatic heterocycles. The highest BCUT2D eigenvalue weighted by atomic mass is 16.1. The molecule has 0 aliphatic carbocycles. The first-order valence-corrected chi connectivity index (χ1v) is 6.32. The van der Waals surface area contributed by atoms with Gasteiger partial charge < -0.3 is 9.88 Å². The van der Waals surface area contributed by atoms with Crippen LogP contribution in [0.1, 0.15) is 46.6 Å². The van der Waals surface area contributed by atoms with Crippen LogP contribution in [0.15, 0.2) is 18.7 Å². The van der Waals surface area contributed by atoms with E-state index in [4.69, 9.17) is 0 Å². The lowest BCUT2D eigenvalue weighted by molar-refractivity contribution is -0.126. The highest BCUT2D eigenvalue weighted by Crippen LogP contribution is 2.19. The molecule has 0 saturated carbocycles. The van der Waals surface area contributed by atoms with E-state index in [-0.39, 0.29) is 17.9 Å². The van der Waals surface area contributed by atoms with E-state index in [0.29, 0.717) is 6.04 Å². The molecule has 1 rings (SSSR count). The Morgan fingerprint density at radius 2 is 2.12 bits per heavy atom. The molecule has 4 heteroatoms. The zero-order valence-electron chi connectivity index (χ0n) is 11.2. The number of aromatic nitrogens is 2. The van der Waals surface area contributed by atoms with Crippen molar-refractivity contribution in [3.63, 3.8) is 0 Å². The Hall–Kier alpha value is -1.32. The molecule has 96 valence electrons. The zero-order chi connectivity index (χ0) is 12.8. The van der Waals surface area contributed by atoms with Gasteiger partial charge in [-0.15, -0.1) is 0 Å². The lowest BCUT2D eigenvalue weighted by Gasteiger charge is -2.21. The number of imidazole rings is 1. The van der Waals surface area contributed by atoms with Gasteiger partial charge in [-0.05, 0) is 33.6 Å². The maximum absolute atomic E-state index is 12.0. The Labute approximate surface area is 103 Å². The van der Waals surface area contributed by atoms with Crippen LogP contribution in [0.2, 0.25) is 0 Å². The van der Waals surface area contributed by atoms with Gasteiger partial charge in [-0.2, -0.15) is 0 Å².